The number of alkyl halides is 5. The van der Waals surface area contributed by atoms with Crippen molar-refractivity contribution in [3.05, 3.63) is 18.0 Å². The second-order valence-electron chi connectivity index (χ2n) is 2.76. The third-order valence-corrected chi connectivity index (χ3v) is 1.69. The molecule has 1 aromatic rings. The number of nitrogens with zero attached hydrogens (tertiary/aromatic N) is 2. The van der Waals surface area contributed by atoms with Gasteiger partial charge < -0.3 is 5.11 Å². The summed E-state index contributed by atoms with van der Waals surface area (Å²) in [5.41, 5.74) is -0.839. The summed E-state index contributed by atoms with van der Waals surface area (Å²) in [6, 6.07) is 0.803. The van der Waals surface area contributed by atoms with E-state index >= 15 is 0 Å². The summed E-state index contributed by atoms with van der Waals surface area (Å²) in [4.78, 5) is 0. The van der Waals surface area contributed by atoms with Gasteiger partial charge >= 0.3 is 12.3 Å². The number of hydrogen-bond donors (Lipinski definition) is 1. The van der Waals surface area contributed by atoms with Gasteiger partial charge in [-0.15, -0.1) is 0 Å². The molecule has 15 heavy (non-hydrogen) atoms. The topological polar surface area (TPSA) is 38.0 Å². The van der Waals surface area contributed by atoms with Gasteiger partial charge in [0.1, 0.15) is 12.4 Å². The van der Waals surface area contributed by atoms with Gasteiger partial charge in [-0.2, -0.15) is 13.9 Å². The Morgan fingerprint density at radius 2 is 2.00 bits per heavy atom. The third-order valence-electron chi connectivity index (χ3n) is 1.69. The van der Waals surface area contributed by atoms with E-state index in [4.69, 9.17) is 5.11 Å². The Morgan fingerprint density at radius 1 is 1.40 bits per heavy atom. The average molecular weight is 230 g/mol. The van der Waals surface area contributed by atoms with Crippen LogP contribution in [0.15, 0.2) is 12.3 Å². The van der Waals surface area contributed by atoms with Crippen molar-refractivity contribution in [2.75, 3.05) is 0 Å². The van der Waals surface area contributed by atoms with Crippen LogP contribution in [0.3, 0.4) is 0 Å². The highest BCUT2D eigenvalue weighted by atomic mass is 19.3. The van der Waals surface area contributed by atoms with Crippen LogP contribution in [0.1, 0.15) is 11.9 Å². The minimum absolute atomic E-state index is 0.646. The molecule has 0 amide bonds. The van der Waals surface area contributed by atoms with Crippen LogP contribution in [0.25, 0.3) is 0 Å². The number of aromatic nitrogens is 2. The van der Waals surface area contributed by atoms with Crippen LogP contribution >= 0.6 is 0 Å². The van der Waals surface area contributed by atoms with Crippen LogP contribution in [-0.2, 0) is 6.73 Å². The summed E-state index contributed by atoms with van der Waals surface area (Å²) in [6.45, 7) is -0.646. The van der Waals surface area contributed by atoms with Crippen molar-refractivity contribution < 1.29 is 27.1 Å². The highest BCUT2D eigenvalue weighted by Crippen LogP contribution is 2.38. The Hall–Kier alpha value is -1.18. The molecule has 8 heteroatoms. The molecule has 0 radical (unpaired) electrons. The first-order chi connectivity index (χ1) is 6.89. The van der Waals surface area contributed by atoms with Crippen molar-refractivity contribution in [1.82, 2.24) is 9.78 Å². The monoisotopic (exact) mass is 230 g/mol. The van der Waals surface area contributed by atoms with Crippen LogP contribution in [0.5, 0.6) is 0 Å². The number of hydrogen-bond acceptors (Lipinski definition) is 2. The molecular formula is C7H7F5N2O. The van der Waals surface area contributed by atoms with E-state index in [2.05, 4.69) is 5.10 Å². The highest BCUT2D eigenvalue weighted by molar-refractivity contribution is 5.07. The first-order valence-corrected chi connectivity index (χ1v) is 3.83. The molecule has 86 valence electrons. The molecule has 0 spiro atoms. The summed E-state index contributed by atoms with van der Waals surface area (Å²) in [7, 11) is 0. The van der Waals surface area contributed by atoms with E-state index in [1.54, 1.807) is 0 Å². The predicted octanol–water partition coefficient (Wildman–Crippen LogP) is 1.74. The molecule has 1 unspecified atom stereocenters. The largest absolute Gasteiger partial charge is 0.374 e. The van der Waals surface area contributed by atoms with Gasteiger partial charge in [0.05, 0.1) is 0 Å². The summed E-state index contributed by atoms with van der Waals surface area (Å²) in [6.07, 6.45) is -6.29. The minimum Gasteiger partial charge on any atom is -0.374 e. The number of rotatable bonds is 4. The number of aliphatic hydroxyl groups excluding tert-OH is 1. The van der Waals surface area contributed by atoms with Gasteiger partial charge in [-0.3, -0.25) is 0 Å². The molecule has 0 aromatic carbocycles. The fraction of sp³-hybridized carbons (Fsp3) is 0.571. The number of aliphatic hydroxyl groups is 1. The molecule has 1 heterocycles. The van der Waals surface area contributed by atoms with E-state index in [1.165, 1.54) is 0 Å². The van der Waals surface area contributed by atoms with Crippen LogP contribution in [0.2, 0.25) is 0 Å². The molecule has 0 fully saturated rings. The van der Waals surface area contributed by atoms with E-state index in [9.17, 15) is 22.0 Å². The Bertz CT molecular complexity index is 327. The maximum absolute atomic E-state index is 12.9. The van der Waals surface area contributed by atoms with Crippen molar-refractivity contribution in [3.8, 4) is 0 Å². The van der Waals surface area contributed by atoms with Gasteiger partial charge in [0.25, 0.3) is 0 Å². The first-order valence-electron chi connectivity index (χ1n) is 3.83. The molecular weight excluding hydrogens is 223 g/mol. The number of halogens is 5. The third kappa shape index (κ3) is 2.25. The lowest BCUT2D eigenvalue weighted by Gasteiger charge is -2.17. The zero-order valence-electron chi connectivity index (χ0n) is 7.25. The SMILES string of the molecule is OCn1ccc(C(F)C(F)(F)C(F)F)n1. The van der Waals surface area contributed by atoms with E-state index in [0.29, 0.717) is 0 Å². The first kappa shape index (κ1) is 11.9. The quantitative estimate of drug-likeness (QED) is 0.800. The van der Waals surface area contributed by atoms with Gasteiger partial charge in [0.15, 0.2) is 0 Å². The predicted molar refractivity (Wildman–Crippen MR) is 39.2 cm³/mol. The molecule has 1 rings (SSSR count). The van der Waals surface area contributed by atoms with Gasteiger partial charge in [-0.25, -0.2) is 17.9 Å². The fourth-order valence-electron chi connectivity index (χ4n) is 0.899. The van der Waals surface area contributed by atoms with E-state index in [-0.39, 0.29) is 0 Å². The van der Waals surface area contributed by atoms with Gasteiger partial charge in [0.2, 0.25) is 6.17 Å². The van der Waals surface area contributed by atoms with Crippen molar-refractivity contribution in [3.63, 3.8) is 0 Å². The summed E-state index contributed by atoms with van der Waals surface area (Å²) in [5, 5.41) is 11.6. The van der Waals surface area contributed by atoms with Gasteiger partial charge in [0, 0.05) is 6.20 Å². The smallest absolute Gasteiger partial charge is 0.343 e. The van der Waals surface area contributed by atoms with Gasteiger partial charge in [-0.1, -0.05) is 0 Å². The summed E-state index contributed by atoms with van der Waals surface area (Å²) >= 11 is 0. The fourth-order valence-corrected chi connectivity index (χ4v) is 0.899. The normalized spacial score (nSPS) is 14.6. The maximum Gasteiger partial charge on any atom is 0.343 e. The molecule has 0 saturated heterocycles. The lowest BCUT2D eigenvalue weighted by molar-refractivity contribution is -0.173. The Labute approximate surface area is 81.1 Å². The Balaban J connectivity index is 2.88. The van der Waals surface area contributed by atoms with Crippen molar-refractivity contribution in [1.29, 1.82) is 0 Å². The van der Waals surface area contributed by atoms with Crippen LogP contribution in [0.4, 0.5) is 22.0 Å². The molecule has 0 aliphatic rings. The van der Waals surface area contributed by atoms with E-state index in [1.807, 2.05) is 0 Å². The molecule has 1 atom stereocenters. The molecule has 1 N–H and O–H groups in total. The molecule has 1 aromatic heterocycles. The minimum atomic E-state index is -4.78. The second-order valence-corrected chi connectivity index (χ2v) is 2.76. The van der Waals surface area contributed by atoms with Crippen molar-refractivity contribution >= 4 is 0 Å². The standard InChI is InChI=1S/C7H7F5N2O/c8-5(7(11,12)6(9)10)4-1-2-14(3-15)13-4/h1-2,5-6,15H,3H2. The zero-order valence-corrected chi connectivity index (χ0v) is 7.25. The highest BCUT2D eigenvalue weighted by Gasteiger charge is 2.51. The molecule has 0 aliphatic carbocycles. The van der Waals surface area contributed by atoms with E-state index in [0.717, 1.165) is 16.9 Å². The molecule has 0 bridgehead atoms. The maximum atomic E-state index is 12.9. The molecule has 0 saturated carbocycles. The van der Waals surface area contributed by atoms with Crippen LogP contribution in [-0.4, -0.2) is 27.2 Å². The second kappa shape index (κ2) is 4.13. The molecule has 0 aliphatic heterocycles. The van der Waals surface area contributed by atoms with Crippen LogP contribution < -0.4 is 0 Å². The van der Waals surface area contributed by atoms with Crippen LogP contribution in [0, 0.1) is 0 Å². The van der Waals surface area contributed by atoms with E-state index < -0.39 is 30.9 Å². The Kier molecular flexibility index (Phi) is 3.28. The Morgan fingerprint density at radius 3 is 2.40 bits per heavy atom. The molecule has 3 nitrogen and oxygen atoms in total. The average Bonchev–Trinajstić information content (AvgIpc) is 2.64. The summed E-state index contributed by atoms with van der Waals surface area (Å²) < 4.78 is 62.2. The zero-order chi connectivity index (χ0) is 11.6. The van der Waals surface area contributed by atoms with Crippen molar-refractivity contribution in [2.24, 2.45) is 0 Å². The van der Waals surface area contributed by atoms with Crippen molar-refractivity contribution in [2.45, 2.75) is 25.3 Å². The van der Waals surface area contributed by atoms with Gasteiger partial charge in [-0.05, 0) is 6.07 Å². The lowest BCUT2D eigenvalue weighted by Crippen LogP contribution is -2.32. The summed E-state index contributed by atoms with van der Waals surface area (Å²) in [5.74, 6) is -4.78. The lowest BCUT2D eigenvalue weighted by atomic mass is 10.1.